The van der Waals surface area contributed by atoms with Crippen LogP contribution in [0.1, 0.15) is 38.2 Å². The molecule has 0 radical (unpaired) electrons. The van der Waals surface area contributed by atoms with Gasteiger partial charge in [0.05, 0.1) is 18.6 Å². The van der Waals surface area contributed by atoms with E-state index in [9.17, 15) is 4.79 Å². The Morgan fingerprint density at radius 3 is 2.84 bits per heavy atom. The first-order valence-electron chi connectivity index (χ1n) is 11.9. The molecule has 2 saturated heterocycles. The molecule has 5 rings (SSSR count). The second-order valence-corrected chi connectivity index (χ2v) is 9.46. The highest BCUT2D eigenvalue weighted by Crippen LogP contribution is 2.48. The Morgan fingerprint density at radius 2 is 2.00 bits per heavy atom. The van der Waals surface area contributed by atoms with Gasteiger partial charge in [0.2, 0.25) is 12.7 Å². The fraction of sp³-hybridized carbons (Fsp3) is 0.708. The minimum atomic E-state index is -0.270. The predicted octanol–water partition coefficient (Wildman–Crippen LogP) is 2.24. The van der Waals surface area contributed by atoms with Crippen molar-refractivity contribution in [1.29, 1.82) is 0 Å². The molecule has 7 heteroatoms. The van der Waals surface area contributed by atoms with Gasteiger partial charge in [-0.1, -0.05) is 13.0 Å². The molecule has 1 aromatic rings. The topological polar surface area (TPSA) is 63.3 Å². The lowest BCUT2D eigenvalue weighted by Gasteiger charge is -2.53. The molecule has 3 aliphatic heterocycles. The van der Waals surface area contributed by atoms with E-state index in [0.717, 1.165) is 88.7 Å². The molecule has 1 amide bonds. The minimum Gasteiger partial charge on any atom is -0.454 e. The first-order chi connectivity index (χ1) is 15.2. The first-order valence-corrected chi connectivity index (χ1v) is 11.9. The Hall–Kier alpha value is -1.83. The van der Waals surface area contributed by atoms with Crippen molar-refractivity contribution in [2.24, 2.45) is 11.3 Å². The number of fused-ring (bicyclic) bond motifs is 2. The summed E-state index contributed by atoms with van der Waals surface area (Å²) in [5.74, 6) is 2.23. The van der Waals surface area contributed by atoms with Crippen molar-refractivity contribution < 1.29 is 19.0 Å². The van der Waals surface area contributed by atoms with Crippen LogP contribution in [0.4, 0.5) is 0 Å². The summed E-state index contributed by atoms with van der Waals surface area (Å²) in [5, 5.41) is 3.29. The summed E-state index contributed by atoms with van der Waals surface area (Å²) in [7, 11) is 0. The van der Waals surface area contributed by atoms with Gasteiger partial charge in [-0.05, 0) is 62.4 Å². The summed E-state index contributed by atoms with van der Waals surface area (Å²) in [6, 6.07) is 6.51. The third-order valence-corrected chi connectivity index (χ3v) is 7.91. The van der Waals surface area contributed by atoms with Crippen molar-refractivity contribution in [3.63, 3.8) is 0 Å². The molecule has 1 aliphatic carbocycles. The quantitative estimate of drug-likeness (QED) is 0.775. The number of likely N-dealkylation sites (tertiary alicyclic amines) is 1. The van der Waals surface area contributed by atoms with E-state index in [1.807, 2.05) is 18.2 Å². The molecule has 170 valence electrons. The molecule has 0 bridgehead atoms. The smallest absolute Gasteiger partial charge is 0.231 e. The van der Waals surface area contributed by atoms with Gasteiger partial charge < -0.3 is 24.4 Å². The standard InChI is InChI=1S/C24H35N3O4/c1-2-26-8-6-19-14-20(27-9-11-29-12-10-27)5-7-24(19,16-26)23(28)25-15-18-3-4-21-22(13-18)31-17-30-21/h3-4,13,19-20H,2,5-12,14-17H2,1H3,(H,25,28)/t19-,20+,24-/m1/s1. The number of ether oxygens (including phenoxy) is 3. The lowest BCUT2D eigenvalue weighted by Crippen LogP contribution is -2.60. The molecule has 3 fully saturated rings. The molecule has 1 aromatic carbocycles. The van der Waals surface area contributed by atoms with Crippen molar-refractivity contribution in [1.82, 2.24) is 15.1 Å². The van der Waals surface area contributed by atoms with Crippen LogP contribution in [0.5, 0.6) is 11.5 Å². The van der Waals surface area contributed by atoms with E-state index < -0.39 is 0 Å². The van der Waals surface area contributed by atoms with Crippen LogP contribution < -0.4 is 14.8 Å². The molecule has 0 unspecified atom stereocenters. The number of piperidine rings is 1. The number of carbonyl (C=O) groups is 1. The Bertz CT molecular complexity index is 797. The van der Waals surface area contributed by atoms with Crippen LogP contribution in [0.3, 0.4) is 0 Å². The van der Waals surface area contributed by atoms with E-state index in [1.54, 1.807) is 0 Å². The molecule has 7 nitrogen and oxygen atoms in total. The van der Waals surface area contributed by atoms with Crippen LogP contribution >= 0.6 is 0 Å². The van der Waals surface area contributed by atoms with Crippen molar-refractivity contribution in [3.8, 4) is 11.5 Å². The van der Waals surface area contributed by atoms with Crippen molar-refractivity contribution in [2.45, 2.75) is 45.2 Å². The number of hydrogen-bond acceptors (Lipinski definition) is 6. The summed E-state index contributed by atoms with van der Waals surface area (Å²) in [4.78, 5) is 18.7. The zero-order chi connectivity index (χ0) is 21.3. The maximum absolute atomic E-state index is 13.7. The molecule has 3 heterocycles. The fourth-order valence-electron chi connectivity index (χ4n) is 6.04. The van der Waals surface area contributed by atoms with Gasteiger partial charge in [0.1, 0.15) is 0 Å². The number of nitrogens with one attached hydrogen (secondary N) is 1. The van der Waals surface area contributed by atoms with Crippen LogP contribution in [0, 0.1) is 11.3 Å². The highest BCUT2D eigenvalue weighted by Gasteiger charge is 2.52. The van der Waals surface area contributed by atoms with Gasteiger partial charge in [-0.25, -0.2) is 0 Å². The Labute approximate surface area is 185 Å². The van der Waals surface area contributed by atoms with Gasteiger partial charge in [-0.2, -0.15) is 0 Å². The minimum absolute atomic E-state index is 0.230. The first kappa shape index (κ1) is 21.0. The zero-order valence-electron chi connectivity index (χ0n) is 18.6. The summed E-state index contributed by atoms with van der Waals surface area (Å²) in [6.45, 7) is 9.75. The second kappa shape index (κ2) is 8.96. The molecule has 4 aliphatic rings. The molecule has 1 saturated carbocycles. The maximum atomic E-state index is 13.7. The average molecular weight is 430 g/mol. The molecule has 1 N–H and O–H groups in total. The lowest BCUT2D eigenvalue weighted by molar-refractivity contribution is -0.145. The SMILES string of the molecule is CCN1CC[C@@H]2C[C@@H](N3CCOCC3)CC[C@@]2(C(=O)NCc2ccc3c(c2)OCO3)C1. The third-order valence-electron chi connectivity index (χ3n) is 7.91. The van der Waals surface area contributed by atoms with Gasteiger partial charge in [-0.15, -0.1) is 0 Å². The van der Waals surface area contributed by atoms with E-state index in [0.29, 0.717) is 18.5 Å². The number of carbonyl (C=O) groups excluding carboxylic acids is 1. The van der Waals surface area contributed by atoms with Gasteiger partial charge in [0, 0.05) is 32.2 Å². The zero-order valence-corrected chi connectivity index (χ0v) is 18.6. The largest absolute Gasteiger partial charge is 0.454 e. The van der Waals surface area contributed by atoms with Gasteiger partial charge in [0.15, 0.2) is 11.5 Å². The highest BCUT2D eigenvalue weighted by atomic mass is 16.7. The number of amides is 1. The third kappa shape index (κ3) is 4.15. The fourth-order valence-corrected chi connectivity index (χ4v) is 6.04. The second-order valence-electron chi connectivity index (χ2n) is 9.46. The summed E-state index contributed by atoms with van der Waals surface area (Å²) in [5.41, 5.74) is 0.781. The Kier molecular flexibility index (Phi) is 6.08. The van der Waals surface area contributed by atoms with Crippen LogP contribution in [0.2, 0.25) is 0 Å². The number of benzene rings is 1. The van der Waals surface area contributed by atoms with E-state index in [1.165, 1.54) is 0 Å². The van der Waals surface area contributed by atoms with E-state index in [-0.39, 0.29) is 18.1 Å². The van der Waals surface area contributed by atoms with Gasteiger partial charge >= 0.3 is 0 Å². The van der Waals surface area contributed by atoms with E-state index in [2.05, 4.69) is 22.0 Å². The van der Waals surface area contributed by atoms with Crippen LogP contribution in [0.25, 0.3) is 0 Å². The van der Waals surface area contributed by atoms with Gasteiger partial charge in [-0.3, -0.25) is 9.69 Å². The normalized spacial score (nSPS) is 31.3. The predicted molar refractivity (Wildman–Crippen MR) is 117 cm³/mol. The Balaban J connectivity index is 1.28. The van der Waals surface area contributed by atoms with Crippen LogP contribution in [-0.4, -0.2) is 74.5 Å². The molecule has 31 heavy (non-hydrogen) atoms. The monoisotopic (exact) mass is 429 g/mol. The van der Waals surface area contributed by atoms with Crippen molar-refractivity contribution in [3.05, 3.63) is 23.8 Å². The summed E-state index contributed by atoms with van der Waals surface area (Å²) < 4.78 is 16.4. The number of rotatable bonds is 5. The summed E-state index contributed by atoms with van der Waals surface area (Å²) >= 11 is 0. The summed E-state index contributed by atoms with van der Waals surface area (Å²) in [6.07, 6.45) is 4.33. The van der Waals surface area contributed by atoms with Crippen LogP contribution in [-0.2, 0) is 16.1 Å². The molecule has 0 spiro atoms. The molecule has 3 atom stereocenters. The van der Waals surface area contributed by atoms with Gasteiger partial charge in [0.25, 0.3) is 0 Å². The lowest BCUT2D eigenvalue weighted by atomic mass is 9.61. The number of nitrogens with zero attached hydrogens (tertiary/aromatic N) is 2. The van der Waals surface area contributed by atoms with Crippen LogP contribution in [0.15, 0.2) is 18.2 Å². The molecular formula is C24H35N3O4. The highest BCUT2D eigenvalue weighted by molar-refractivity contribution is 5.83. The molecule has 0 aromatic heterocycles. The van der Waals surface area contributed by atoms with E-state index >= 15 is 0 Å². The number of morpholine rings is 1. The Morgan fingerprint density at radius 1 is 1.16 bits per heavy atom. The molecular weight excluding hydrogens is 394 g/mol. The average Bonchev–Trinajstić information content (AvgIpc) is 3.30. The van der Waals surface area contributed by atoms with Crippen molar-refractivity contribution in [2.75, 3.05) is 52.7 Å². The van der Waals surface area contributed by atoms with E-state index in [4.69, 9.17) is 14.2 Å². The number of hydrogen-bond donors (Lipinski definition) is 1. The van der Waals surface area contributed by atoms with Crippen molar-refractivity contribution >= 4 is 5.91 Å². The maximum Gasteiger partial charge on any atom is 0.231 e.